The Labute approximate surface area is 119 Å². The number of alkyl halides is 3. The summed E-state index contributed by atoms with van der Waals surface area (Å²) in [6.45, 7) is 6.74. The van der Waals surface area contributed by atoms with E-state index in [4.69, 9.17) is 4.74 Å². The lowest BCUT2D eigenvalue weighted by Crippen LogP contribution is -2.11. The van der Waals surface area contributed by atoms with Crippen molar-refractivity contribution < 1.29 is 17.9 Å². The van der Waals surface area contributed by atoms with Crippen molar-refractivity contribution in [2.45, 2.75) is 33.4 Å². The summed E-state index contributed by atoms with van der Waals surface area (Å²) in [5.74, 6) is 0.472. The highest BCUT2D eigenvalue weighted by atomic mass is 32.1. The molecule has 0 saturated carbocycles. The van der Waals surface area contributed by atoms with E-state index in [1.165, 1.54) is 0 Å². The Morgan fingerprint density at radius 2 is 1.90 bits per heavy atom. The minimum absolute atomic E-state index is 0.124. The molecule has 0 N–H and O–H groups in total. The van der Waals surface area contributed by atoms with Crippen LogP contribution in [0.15, 0.2) is 18.2 Å². The molecule has 0 bridgehead atoms. The lowest BCUT2D eigenvalue weighted by molar-refractivity contribution is -0.137. The fourth-order valence-corrected chi connectivity index (χ4v) is 2.52. The molecular weight excluding hydrogens is 287 g/mol. The molecule has 0 aliphatic carbocycles. The number of rotatable bonds is 3. The summed E-state index contributed by atoms with van der Waals surface area (Å²) in [4.78, 5) is 3.61. The van der Waals surface area contributed by atoms with Gasteiger partial charge in [0.05, 0.1) is 16.8 Å². The predicted molar refractivity (Wildman–Crippen MR) is 74.2 cm³/mol. The van der Waals surface area contributed by atoms with E-state index in [0.717, 1.165) is 6.42 Å². The van der Waals surface area contributed by atoms with E-state index in [1.54, 1.807) is 18.2 Å². The maximum atomic E-state index is 12.7. The van der Waals surface area contributed by atoms with E-state index in [1.807, 2.05) is 0 Å². The molecule has 2 rings (SSSR count). The van der Waals surface area contributed by atoms with Gasteiger partial charge in [0.2, 0.25) is 0 Å². The maximum Gasteiger partial charge on any atom is 0.443 e. The Hall–Kier alpha value is -1.30. The van der Waals surface area contributed by atoms with Gasteiger partial charge in [-0.2, -0.15) is 13.2 Å². The first-order valence-corrected chi connectivity index (χ1v) is 7.08. The number of ether oxygens (including phenoxy) is 1. The monoisotopic (exact) mass is 303 g/mol. The molecule has 0 radical (unpaired) electrons. The van der Waals surface area contributed by atoms with Crippen molar-refractivity contribution in [2.24, 2.45) is 5.41 Å². The molecule has 2 nitrogen and oxygen atoms in total. The Bertz CT molecular complexity index is 598. The van der Waals surface area contributed by atoms with Crippen LogP contribution in [0.2, 0.25) is 0 Å². The van der Waals surface area contributed by atoms with Crippen LogP contribution in [-0.4, -0.2) is 11.6 Å². The van der Waals surface area contributed by atoms with Gasteiger partial charge in [-0.25, -0.2) is 4.98 Å². The van der Waals surface area contributed by atoms with Crippen LogP contribution in [-0.2, 0) is 6.18 Å². The summed E-state index contributed by atoms with van der Waals surface area (Å²) < 4.78 is 44.1. The second-order valence-electron chi connectivity index (χ2n) is 5.78. The van der Waals surface area contributed by atoms with Crippen molar-refractivity contribution in [1.82, 2.24) is 4.98 Å². The van der Waals surface area contributed by atoms with Crippen molar-refractivity contribution >= 4 is 21.6 Å². The van der Waals surface area contributed by atoms with Gasteiger partial charge in [0.15, 0.2) is 5.01 Å². The number of halogens is 3. The van der Waals surface area contributed by atoms with Crippen LogP contribution in [0.1, 0.15) is 32.2 Å². The molecule has 1 aromatic carbocycles. The minimum Gasteiger partial charge on any atom is -0.492 e. The van der Waals surface area contributed by atoms with Crippen LogP contribution >= 0.6 is 11.3 Å². The molecule has 0 atom stereocenters. The topological polar surface area (TPSA) is 22.1 Å². The molecular formula is C14H16F3NOS. The van der Waals surface area contributed by atoms with Gasteiger partial charge < -0.3 is 4.74 Å². The van der Waals surface area contributed by atoms with Crippen LogP contribution in [0.3, 0.4) is 0 Å². The third kappa shape index (κ3) is 3.62. The number of nitrogens with zero attached hydrogens (tertiary/aromatic N) is 1. The summed E-state index contributed by atoms with van der Waals surface area (Å²) >= 11 is 0.628. The Morgan fingerprint density at radius 3 is 2.50 bits per heavy atom. The highest BCUT2D eigenvalue weighted by Gasteiger charge is 2.35. The number of hydrogen-bond donors (Lipinski definition) is 0. The third-order valence-electron chi connectivity index (χ3n) is 2.73. The highest BCUT2D eigenvalue weighted by molar-refractivity contribution is 7.19. The third-order valence-corrected chi connectivity index (χ3v) is 3.86. The number of benzene rings is 1. The van der Waals surface area contributed by atoms with E-state index in [2.05, 4.69) is 25.8 Å². The standard InChI is InChI=1S/C14H16F3NOS/c1-13(2,3)7-8-19-10-6-4-5-9-11(10)20-12(18-9)14(15,16)17/h4-6H,7-8H2,1-3H3. The van der Waals surface area contributed by atoms with Crippen molar-refractivity contribution in [2.75, 3.05) is 6.61 Å². The first kappa shape index (κ1) is 15.1. The number of aromatic nitrogens is 1. The quantitative estimate of drug-likeness (QED) is 0.784. The number of hydrogen-bond acceptors (Lipinski definition) is 3. The van der Waals surface area contributed by atoms with E-state index in [0.29, 0.717) is 33.9 Å². The van der Waals surface area contributed by atoms with Gasteiger partial charge in [0, 0.05) is 0 Å². The fourth-order valence-electron chi connectivity index (χ4n) is 1.63. The summed E-state index contributed by atoms with van der Waals surface area (Å²) in [5.41, 5.74) is 0.453. The van der Waals surface area contributed by atoms with Crippen LogP contribution in [0, 0.1) is 5.41 Å². The molecule has 0 aliphatic rings. The van der Waals surface area contributed by atoms with Gasteiger partial charge in [0.1, 0.15) is 5.75 Å². The summed E-state index contributed by atoms with van der Waals surface area (Å²) in [7, 11) is 0. The largest absolute Gasteiger partial charge is 0.492 e. The molecule has 0 amide bonds. The minimum atomic E-state index is -4.41. The molecule has 0 saturated heterocycles. The van der Waals surface area contributed by atoms with Crippen molar-refractivity contribution in [3.05, 3.63) is 23.2 Å². The van der Waals surface area contributed by atoms with Gasteiger partial charge in [-0.1, -0.05) is 26.8 Å². The highest BCUT2D eigenvalue weighted by Crippen LogP contribution is 2.39. The first-order valence-electron chi connectivity index (χ1n) is 6.26. The van der Waals surface area contributed by atoms with Crippen LogP contribution in [0.5, 0.6) is 5.75 Å². The molecule has 2 aromatic rings. The van der Waals surface area contributed by atoms with Crippen molar-refractivity contribution in [3.63, 3.8) is 0 Å². The first-order chi connectivity index (χ1) is 9.17. The molecule has 1 heterocycles. The van der Waals surface area contributed by atoms with Crippen molar-refractivity contribution in [3.8, 4) is 5.75 Å². The van der Waals surface area contributed by atoms with Gasteiger partial charge in [-0.3, -0.25) is 0 Å². The fraction of sp³-hybridized carbons (Fsp3) is 0.500. The Morgan fingerprint density at radius 1 is 1.20 bits per heavy atom. The second-order valence-corrected chi connectivity index (χ2v) is 6.78. The van der Waals surface area contributed by atoms with Gasteiger partial charge in [-0.05, 0) is 24.0 Å². The number of fused-ring (bicyclic) bond motifs is 1. The van der Waals surface area contributed by atoms with Gasteiger partial charge >= 0.3 is 6.18 Å². The lowest BCUT2D eigenvalue weighted by Gasteiger charge is -2.18. The molecule has 0 spiro atoms. The zero-order chi connectivity index (χ0) is 15.0. The second kappa shape index (κ2) is 5.24. The molecule has 0 fully saturated rings. The van der Waals surface area contributed by atoms with Crippen LogP contribution < -0.4 is 4.74 Å². The molecule has 0 aliphatic heterocycles. The summed E-state index contributed by atoms with van der Waals surface area (Å²) in [6.07, 6.45) is -3.58. The SMILES string of the molecule is CC(C)(C)CCOc1cccc2nc(C(F)(F)F)sc12. The van der Waals surface area contributed by atoms with E-state index < -0.39 is 11.2 Å². The Balaban J connectivity index is 2.23. The van der Waals surface area contributed by atoms with Crippen LogP contribution in [0.25, 0.3) is 10.2 Å². The zero-order valence-corrected chi connectivity index (χ0v) is 12.4. The van der Waals surface area contributed by atoms with Gasteiger partial charge in [0.25, 0.3) is 0 Å². The van der Waals surface area contributed by atoms with Crippen LogP contribution in [0.4, 0.5) is 13.2 Å². The van der Waals surface area contributed by atoms with E-state index in [9.17, 15) is 13.2 Å². The van der Waals surface area contributed by atoms with E-state index in [-0.39, 0.29) is 5.41 Å². The summed E-state index contributed by atoms with van der Waals surface area (Å²) in [5, 5.41) is -0.834. The molecule has 20 heavy (non-hydrogen) atoms. The molecule has 6 heteroatoms. The smallest absolute Gasteiger partial charge is 0.443 e. The molecule has 1 aromatic heterocycles. The number of thiazole rings is 1. The average molecular weight is 303 g/mol. The molecule has 0 unspecified atom stereocenters. The van der Waals surface area contributed by atoms with Crippen molar-refractivity contribution in [1.29, 1.82) is 0 Å². The molecule has 110 valence electrons. The predicted octanol–water partition coefficient (Wildman–Crippen LogP) is 5.13. The summed E-state index contributed by atoms with van der Waals surface area (Å²) in [6, 6.07) is 4.91. The Kier molecular flexibility index (Phi) is 3.95. The maximum absolute atomic E-state index is 12.7. The average Bonchev–Trinajstić information content (AvgIpc) is 2.71. The van der Waals surface area contributed by atoms with Gasteiger partial charge in [-0.15, -0.1) is 11.3 Å². The lowest BCUT2D eigenvalue weighted by atomic mass is 9.93. The van der Waals surface area contributed by atoms with E-state index >= 15 is 0 Å². The normalized spacial score (nSPS) is 12.9. The zero-order valence-electron chi connectivity index (χ0n) is 11.5.